The molecule has 1 fully saturated rings. The number of nitrogens with zero attached hydrogens (tertiary/aromatic N) is 3. The van der Waals surface area contributed by atoms with E-state index in [9.17, 15) is 0 Å². The highest BCUT2D eigenvalue weighted by Gasteiger charge is 2.29. The average molecular weight is 641 g/mol. The molecule has 1 atom stereocenters. The van der Waals surface area contributed by atoms with Crippen molar-refractivity contribution in [3.05, 3.63) is 80.7 Å². The van der Waals surface area contributed by atoms with Crippen LogP contribution in [0.4, 0.5) is 0 Å². The van der Waals surface area contributed by atoms with Crippen LogP contribution in [0.5, 0.6) is 0 Å². The third-order valence-electron chi connectivity index (χ3n) is 8.17. The highest BCUT2D eigenvalue weighted by molar-refractivity contribution is 9.10. The van der Waals surface area contributed by atoms with Crippen LogP contribution in [-0.4, -0.2) is 68.2 Å². The van der Waals surface area contributed by atoms with Crippen molar-refractivity contribution in [1.29, 1.82) is 0 Å². The summed E-state index contributed by atoms with van der Waals surface area (Å²) in [7, 11) is 5.13. The first-order valence-electron chi connectivity index (χ1n) is 15.2. The molecule has 0 N–H and O–H groups in total. The third-order valence-corrected chi connectivity index (χ3v) is 8.81. The van der Waals surface area contributed by atoms with Crippen LogP contribution in [0.25, 0.3) is 11.4 Å². The minimum absolute atomic E-state index is 0.225. The van der Waals surface area contributed by atoms with E-state index in [-0.39, 0.29) is 6.04 Å². The predicted molar refractivity (Wildman–Crippen MR) is 171 cm³/mol. The van der Waals surface area contributed by atoms with Crippen molar-refractivity contribution >= 4 is 15.9 Å². The van der Waals surface area contributed by atoms with Crippen molar-refractivity contribution < 1.29 is 18.9 Å². The average Bonchev–Trinajstić information content (AvgIpc) is 3.31. The van der Waals surface area contributed by atoms with Gasteiger partial charge in [-0.15, -0.1) is 5.73 Å². The Morgan fingerprint density at radius 3 is 2.45 bits per heavy atom. The Kier molecular flexibility index (Phi) is 12.5. The Hall–Kier alpha value is -2.61. The number of ether oxygens (including phenoxy) is 4. The lowest BCUT2D eigenvalue weighted by Crippen LogP contribution is -2.40. The lowest BCUT2D eigenvalue weighted by Gasteiger charge is -2.36. The van der Waals surface area contributed by atoms with Crippen LogP contribution in [0.15, 0.2) is 63.9 Å². The van der Waals surface area contributed by atoms with Crippen LogP contribution >= 0.6 is 15.9 Å². The van der Waals surface area contributed by atoms with E-state index in [1.165, 1.54) is 35.2 Å². The van der Waals surface area contributed by atoms with Gasteiger partial charge in [-0.05, 0) is 77.5 Å². The molecule has 0 saturated carbocycles. The zero-order valence-electron chi connectivity index (χ0n) is 25.9. The Morgan fingerprint density at radius 1 is 1.00 bits per heavy atom. The third kappa shape index (κ3) is 7.86. The number of allylic oxidation sites excluding steroid dienone is 1. The maximum absolute atomic E-state index is 5.96. The maximum atomic E-state index is 5.96. The zero-order chi connectivity index (χ0) is 29.9. The molecular weight excluding hydrogens is 594 g/mol. The molecule has 1 aliphatic carbocycles. The van der Waals surface area contributed by atoms with Gasteiger partial charge in [0.15, 0.2) is 0 Å². The molecule has 4 rings (SSSR count). The molecule has 0 bridgehead atoms. The fourth-order valence-corrected chi connectivity index (χ4v) is 6.39. The van der Waals surface area contributed by atoms with Crippen molar-refractivity contribution in [1.82, 2.24) is 14.5 Å². The summed E-state index contributed by atoms with van der Waals surface area (Å²) in [5.41, 5.74) is 9.76. The van der Waals surface area contributed by atoms with Crippen LogP contribution in [0.1, 0.15) is 56.4 Å². The van der Waals surface area contributed by atoms with Gasteiger partial charge in [0.2, 0.25) is 0 Å². The largest absolute Gasteiger partial charge is 0.501 e. The van der Waals surface area contributed by atoms with Gasteiger partial charge in [0.05, 0.1) is 46.2 Å². The fraction of sp³-hybridized carbons (Fsp3) is 0.529. The summed E-state index contributed by atoms with van der Waals surface area (Å²) in [6, 6.07) is 6.85. The summed E-state index contributed by atoms with van der Waals surface area (Å²) < 4.78 is 25.7. The summed E-state index contributed by atoms with van der Waals surface area (Å²) in [5, 5.41) is 0. The van der Waals surface area contributed by atoms with Crippen molar-refractivity contribution in [3.63, 3.8) is 0 Å². The Morgan fingerprint density at radius 2 is 1.76 bits per heavy atom. The number of methoxy groups -OCH3 is 3. The predicted octanol–water partition coefficient (Wildman–Crippen LogP) is 7.00. The number of aromatic nitrogens is 2. The first-order valence-corrected chi connectivity index (χ1v) is 15.9. The molecule has 0 radical (unpaired) electrons. The zero-order valence-corrected chi connectivity index (χ0v) is 27.5. The summed E-state index contributed by atoms with van der Waals surface area (Å²) in [4.78, 5) is 7.75. The molecule has 2 heterocycles. The molecule has 1 aromatic heterocycles. The molecular formula is C34H46BrN3O4. The van der Waals surface area contributed by atoms with Gasteiger partial charge in [-0.3, -0.25) is 4.90 Å². The number of imidazole rings is 1. The van der Waals surface area contributed by atoms with Crippen LogP contribution in [0.2, 0.25) is 0 Å². The van der Waals surface area contributed by atoms with Gasteiger partial charge in [0, 0.05) is 37.4 Å². The molecule has 7 nitrogen and oxygen atoms in total. The molecule has 2 aliphatic rings. The number of rotatable bonds is 14. The van der Waals surface area contributed by atoms with Crippen LogP contribution in [-0.2, 0) is 44.9 Å². The minimum Gasteiger partial charge on any atom is -0.501 e. The summed E-state index contributed by atoms with van der Waals surface area (Å²) in [5.74, 6) is 2.76. The Bertz CT molecular complexity index is 1300. The van der Waals surface area contributed by atoms with Crippen molar-refractivity contribution in [2.45, 2.75) is 71.5 Å². The first-order chi connectivity index (χ1) is 20.5. The number of likely N-dealkylation sites (tertiary alicyclic amines) is 1. The summed E-state index contributed by atoms with van der Waals surface area (Å²) in [6.07, 6.45) is 12.1. The first kappa shape index (κ1) is 32.3. The summed E-state index contributed by atoms with van der Waals surface area (Å²) in [6.45, 7) is 8.68. The lowest BCUT2D eigenvalue weighted by atomic mass is 9.94. The molecule has 42 heavy (non-hydrogen) atoms. The fourth-order valence-electron chi connectivity index (χ4n) is 5.89. The van der Waals surface area contributed by atoms with Crippen molar-refractivity contribution in [2.24, 2.45) is 0 Å². The van der Waals surface area contributed by atoms with Gasteiger partial charge in [-0.25, -0.2) is 4.98 Å². The lowest BCUT2D eigenvalue weighted by molar-refractivity contribution is 0.0660. The molecule has 2 aromatic rings. The van der Waals surface area contributed by atoms with Gasteiger partial charge >= 0.3 is 0 Å². The number of aryl methyl sites for hydroxylation is 2. The second-order valence-electron chi connectivity index (χ2n) is 10.7. The van der Waals surface area contributed by atoms with E-state index in [1.54, 1.807) is 21.3 Å². The van der Waals surface area contributed by atoms with E-state index >= 15 is 0 Å². The van der Waals surface area contributed by atoms with E-state index in [4.69, 9.17) is 23.9 Å². The van der Waals surface area contributed by atoms with Gasteiger partial charge in [-0.1, -0.05) is 38.5 Å². The molecule has 1 unspecified atom stereocenters. The Labute approximate surface area is 260 Å². The normalized spacial score (nSPS) is 20.2. The van der Waals surface area contributed by atoms with E-state index < -0.39 is 0 Å². The molecule has 0 spiro atoms. The van der Waals surface area contributed by atoms with Crippen molar-refractivity contribution in [2.75, 3.05) is 47.7 Å². The Balaban J connectivity index is 1.74. The van der Waals surface area contributed by atoms with Crippen LogP contribution in [0.3, 0.4) is 0 Å². The molecule has 0 amide bonds. The van der Waals surface area contributed by atoms with Gasteiger partial charge in [-0.2, -0.15) is 0 Å². The maximum Gasteiger partial charge on any atom is 0.142 e. The van der Waals surface area contributed by atoms with Crippen LogP contribution < -0.4 is 0 Å². The highest BCUT2D eigenvalue weighted by Crippen LogP contribution is 2.35. The number of hydrogen-bond donors (Lipinski definition) is 0. The SMILES string of the molecule is CCc1cccc(CC)c1-c1nc(Br)c(CN2CCCCC2C2=C=C/C=C(/OC)C/C(OC)=C\2)n1CCOCCOC. The second-order valence-corrected chi connectivity index (χ2v) is 11.4. The topological polar surface area (TPSA) is 58.0 Å². The molecule has 1 aliphatic heterocycles. The number of halogens is 1. The van der Waals surface area contributed by atoms with Gasteiger partial charge < -0.3 is 23.5 Å². The van der Waals surface area contributed by atoms with E-state index in [0.717, 1.165) is 59.9 Å². The molecule has 1 saturated heterocycles. The second kappa shape index (κ2) is 16.3. The number of benzene rings is 1. The van der Waals surface area contributed by atoms with Gasteiger partial charge in [0.25, 0.3) is 0 Å². The monoisotopic (exact) mass is 639 g/mol. The van der Waals surface area contributed by atoms with Gasteiger partial charge in [0.1, 0.15) is 21.9 Å². The highest BCUT2D eigenvalue weighted by atomic mass is 79.9. The van der Waals surface area contributed by atoms with E-state index in [0.29, 0.717) is 32.8 Å². The van der Waals surface area contributed by atoms with E-state index in [1.807, 2.05) is 12.2 Å². The van der Waals surface area contributed by atoms with E-state index in [2.05, 4.69) is 69.3 Å². The number of hydrogen-bond acceptors (Lipinski definition) is 6. The number of piperidine rings is 1. The van der Waals surface area contributed by atoms with Crippen LogP contribution in [0, 0.1) is 0 Å². The quantitative estimate of drug-likeness (QED) is 0.164. The molecule has 8 heteroatoms. The summed E-state index contributed by atoms with van der Waals surface area (Å²) >= 11 is 3.89. The molecule has 228 valence electrons. The standard InChI is InChI=1S/C34H46BrN3O4/c1-6-25-12-10-13-26(7-2)32(25)34-36-33(35)31(38(34)18-19-42-21-20-39-3)24-37-17-9-8-16-30(37)27-14-11-15-28(40-4)23-29(22-27)41-5/h10-13,15,22,30H,6-9,16-21,23-24H2,1-5H3/b28-15+,29-22+. The van der Waals surface area contributed by atoms with Crippen molar-refractivity contribution in [3.8, 4) is 11.4 Å². The molecule has 1 aromatic carbocycles. The minimum atomic E-state index is 0.225. The smallest absolute Gasteiger partial charge is 0.142 e.